The molecule has 1 aliphatic rings. The molecule has 1 saturated heterocycles. The average Bonchev–Trinajstić information content (AvgIpc) is 3.35. The molecule has 2 aromatic carbocycles. The molecule has 0 aliphatic carbocycles. The van der Waals surface area contributed by atoms with Crippen LogP contribution < -0.4 is 5.32 Å². The van der Waals surface area contributed by atoms with E-state index in [2.05, 4.69) is 10.3 Å². The number of ether oxygens (including phenoxy) is 1. The number of halogens is 2. The minimum absolute atomic E-state index is 0.0139. The van der Waals surface area contributed by atoms with Crippen molar-refractivity contribution < 1.29 is 19.0 Å². The smallest absolute Gasteiger partial charge is 0.337 e. The van der Waals surface area contributed by atoms with Crippen molar-refractivity contribution in [2.75, 3.05) is 26.0 Å². The molecule has 1 amide bonds. The fraction of sp³-hybridized carbons (Fsp3) is 0.320. The van der Waals surface area contributed by atoms with E-state index in [-0.39, 0.29) is 22.3 Å². The summed E-state index contributed by atoms with van der Waals surface area (Å²) in [6.07, 6.45) is 1.25. The Bertz CT molecular complexity index is 1250. The highest BCUT2D eigenvalue weighted by atomic mass is 35.5. The molecule has 0 radical (unpaired) electrons. The molecule has 0 saturated carbocycles. The van der Waals surface area contributed by atoms with Gasteiger partial charge in [-0.3, -0.25) is 4.79 Å². The second kappa shape index (κ2) is 11.9. The summed E-state index contributed by atoms with van der Waals surface area (Å²) in [5.41, 5.74) is 2.88. The second-order valence-electron chi connectivity index (χ2n) is 8.61. The van der Waals surface area contributed by atoms with Gasteiger partial charge < -0.3 is 19.9 Å². The van der Waals surface area contributed by atoms with Crippen LogP contribution in [-0.2, 0) is 16.1 Å². The van der Waals surface area contributed by atoms with Crippen molar-refractivity contribution in [3.63, 3.8) is 0 Å². The zero-order chi connectivity index (χ0) is 25.7. The Hall–Kier alpha value is -2.14. The first-order valence-electron chi connectivity index (χ1n) is 11.3. The number of amides is 1. The van der Waals surface area contributed by atoms with E-state index >= 15 is 0 Å². The number of methoxy groups -OCH3 is 1. The minimum atomic E-state index is -0.400. The standard InChI is InChI=1S/C25H25Cl2N3O4S2/c1-34-24(32)18-4-2-3-17(12-18)22-14-35-25(29-22)36-15-23(31)28-19-7-9-30(33,10-8-19)13-16-5-6-20(26)21(27)11-16/h2-6,11-12,14,19H,7-10,13,15H2,1H3,(H,28,31). The third kappa shape index (κ3) is 7.00. The second-order valence-corrected chi connectivity index (χ2v) is 11.5. The lowest BCUT2D eigenvalue weighted by Crippen LogP contribution is -2.52. The van der Waals surface area contributed by atoms with Crippen LogP contribution in [0.15, 0.2) is 52.2 Å². The van der Waals surface area contributed by atoms with Gasteiger partial charge in [-0.2, -0.15) is 0 Å². The Labute approximate surface area is 227 Å². The maximum absolute atomic E-state index is 13.1. The van der Waals surface area contributed by atoms with Gasteiger partial charge in [0.05, 0.1) is 47.3 Å². The van der Waals surface area contributed by atoms with E-state index in [0.717, 1.165) is 21.2 Å². The van der Waals surface area contributed by atoms with Crippen molar-refractivity contribution in [1.29, 1.82) is 0 Å². The number of carbonyl (C=O) groups is 2. The van der Waals surface area contributed by atoms with Crippen molar-refractivity contribution in [1.82, 2.24) is 10.3 Å². The predicted octanol–water partition coefficient (Wildman–Crippen LogP) is 5.79. The van der Waals surface area contributed by atoms with Crippen LogP contribution in [0.2, 0.25) is 10.0 Å². The van der Waals surface area contributed by atoms with Gasteiger partial charge in [0.2, 0.25) is 5.91 Å². The third-order valence-corrected chi connectivity index (χ3v) is 8.74. The monoisotopic (exact) mass is 565 g/mol. The number of nitrogens with one attached hydrogen (secondary N) is 1. The van der Waals surface area contributed by atoms with Gasteiger partial charge in [-0.15, -0.1) is 11.3 Å². The Morgan fingerprint density at radius 1 is 1.19 bits per heavy atom. The summed E-state index contributed by atoms with van der Waals surface area (Å²) in [6, 6.07) is 12.4. The number of hydroxylamine groups is 3. The highest BCUT2D eigenvalue weighted by Gasteiger charge is 2.28. The quantitative estimate of drug-likeness (QED) is 0.161. The summed E-state index contributed by atoms with van der Waals surface area (Å²) in [6.45, 7) is 1.19. The van der Waals surface area contributed by atoms with E-state index in [0.29, 0.717) is 48.1 Å². The van der Waals surface area contributed by atoms with Crippen LogP contribution in [0.1, 0.15) is 28.8 Å². The molecule has 1 aromatic heterocycles. The van der Waals surface area contributed by atoms with E-state index in [4.69, 9.17) is 27.9 Å². The van der Waals surface area contributed by atoms with Gasteiger partial charge in [0.25, 0.3) is 0 Å². The van der Waals surface area contributed by atoms with Crippen LogP contribution in [0.25, 0.3) is 11.3 Å². The Balaban J connectivity index is 1.24. The number of hydrogen-bond donors (Lipinski definition) is 1. The lowest BCUT2D eigenvalue weighted by Gasteiger charge is -2.47. The topological polar surface area (TPSA) is 91.4 Å². The first kappa shape index (κ1) is 26.9. The molecule has 7 nitrogen and oxygen atoms in total. The number of rotatable bonds is 8. The number of aromatic nitrogens is 1. The molecule has 3 aromatic rings. The van der Waals surface area contributed by atoms with Gasteiger partial charge in [-0.25, -0.2) is 9.78 Å². The largest absolute Gasteiger partial charge is 0.633 e. The highest BCUT2D eigenvalue weighted by molar-refractivity contribution is 8.01. The van der Waals surface area contributed by atoms with E-state index in [1.54, 1.807) is 30.3 Å². The molecule has 1 N–H and O–H groups in total. The minimum Gasteiger partial charge on any atom is -0.633 e. The molecule has 0 spiro atoms. The molecule has 1 fully saturated rings. The SMILES string of the molecule is COC(=O)c1cccc(-c2csc(SCC(=O)NC3CC[N+]([O-])(Cc4ccc(Cl)c(Cl)c4)CC3)n2)c1. The molecular weight excluding hydrogens is 541 g/mol. The maximum Gasteiger partial charge on any atom is 0.337 e. The Morgan fingerprint density at radius 2 is 1.97 bits per heavy atom. The molecule has 4 rings (SSSR count). The van der Waals surface area contributed by atoms with Gasteiger partial charge in [0, 0.05) is 35.4 Å². The van der Waals surface area contributed by atoms with Crippen molar-refractivity contribution in [2.45, 2.75) is 29.8 Å². The number of likely N-dealkylation sites (tertiary alicyclic amines) is 1. The average molecular weight is 567 g/mol. The molecule has 190 valence electrons. The summed E-state index contributed by atoms with van der Waals surface area (Å²) in [7, 11) is 1.35. The van der Waals surface area contributed by atoms with E-state index < -0.39 is 5.97 Å². The number of thioether (sulfide) groups is 1. The number of thiazole rings is 1. The van der Waals surface area contributed by atoms with Crippen LogP contribution in [0.3, 0.4) is 0 Å². The van der Waals surface area contributed by atoms with Gasteiger partial charge in [0.15, 0.2) is 4.34 Å². The third-order valence-electron chi connectivity index (χ3n) is 5.98. The molecule has 0 unspecified atom stereocenters. The van der Waals surface area contributed by atoms with Crippen LogP contribution in [0.5, 0.6) is 0 Å². The number of esters is 1. The molecule has 1 aliphatic heterocycles. The molecule has 36 heavy (non-hydrogen) atoms. The van der Waals surface area contributed by atoms with Crippen molar-refractivity contribution >= 4 is 58.2 Å². The first-order chi connectivity index (χ1) is 17.2. The number of hydrogen-bond acceptors (Lipinski definition) is 7. The summed E-state index contributed by atoms with van der Waals surface area (Å²) in [4.78, 5) is 28.9. The maximum atomic E-state index is 13.1. The normalized spacial score (nSPS) is 19.6. The Kier molecular flexibility index (Phi) is 8.92. The van der Waals surface area contributed by atoms with E-state index in [9.17, 15) is 14.8 Å². The van der Waals surface area contributed by atoms with Crippen molar-refractivity contribution in [2.24, 2.45) is 0 Å². The predicted molar refractivity (Wildman–Crippen MR) is 144 cm³/mol. The number of piperidine rings is 1. The van der Waals surface area contributed by atoms with Crippen LogP contribution in [-0.4, -0.2) is 53.5 Å². The van der Waals surface area contributed by atoms with Crippen molar-refractivity contribution in [3.05, 3.63) is 74.2 Å². The fourth-order valence-corrected chi connectivity index (χ4v) is 6.05. The lowest BCUT2D eigenvalue weighted by atomic mass is 10.0. The number of benzene rings is 2. The molecule has 0 bridgehead atoms. The fourth-order valence-electron chi connectivity index (χ4n) is 4.09. The molecular formula is C25H25Cl2N3O4S2. The molecule has 0 atom stereocenters. The molecule has 11 heteroatoms. The summed E-state index contributed by atoms with van der Waals surface area (Å²) in [5, 5.41) is 19.0. The highest BCUT2D eigenvalue weighted by Crippen LogP contribution is 2.30. The van der Waals surface area contributed by atoms with Crippen LogP contribution in [0, 0.1) is 5.21 Å². The first-order valence-corrected chi connectivity index (χ1v) is 13.9. The number of carbonyl (C=O) groups excluding carboxylic acids is 2. The summed E-state index contributed by atoms with van der Waals surface area (Å²) < 4.78 is 5.21. The number of nitrogens with zero attached hydrogens (tertiary/aromatic N) is 2. The number of quaternary nitrogens is 1. The summed E-state index contributed by atoms with van der Waals surface area (Å²) in [5.74, 6) is -0.236. The van der Waals surface area contributed by atoms with E-state index in [1.165, 1.54) is 30.2 Å². The molecule has 2 heterocycles. The van der Waals surface area contributed by atoms with Crippen LogP contribution in [0.4, 0.5) is 0 Å². The Morgan fingerprint density at radius 3 is 2.69 bits per heavy atom. The lowest BCUT2D eigenvalue weighted by molar-refractivity contribution is -0.898. The van der Waals surface area contributed by atoms with Gasteiger partial charge in [-0.1, -0.05) is 53.2 Å². The van der Waals surface area contributed by atoms with Crippen molar-refractivity contribution in [3.8, 4) is 11.3 Å². The zero-order valence-corrected chi connectivity index (χ0v) is 22.7. The zero-order valence-electron chi connectivity index (χ0n) is 19.5. The summed E-state index contributed by atoms with van der Waals surface area (Å²) >= 11 is 14.9. The van der Waals surface area contributed by atoms with Gasteiger partial charge in [-0.05, 0) is 24.3 Å². The van der Waals surface area contributed by atoms with Gasteiger partial charge >= 0.3 is 5.97 Å². The van der Waals surface area contributed by atoms with E-state index in [1.807, 2.05) is 17.5 Å². The van der Waals surface area contributed by atoms with Gasteiger partial charge in [0.1, 0.15) is 6.54 Å². The van der Waals surface area contributed by atoms with Crippen LogP contribution >= 0.6 is 46.3 Å².